The first kappa shape index (κ1) is 14.6. The highest BCUT2D eigenvalue weighted by Crippen LogP contribution is 2.60. The van der Waals surface area contributed by atoms with Crippen LogP contribution >= 0.6 is 15.9 Å². The molecule has 0 bridgehead atoms. The first-order chi connectivity index (χ1) is 11.7. The van der Waals surface area contributed by atoms with Gasteiger partial charge in [-0.2, -0.15) is 5.10 Å². The number of carbonyl (C=O) groups is 1. The third-order valence-corrected chi connectivity index (χ3v) is 6.48. The molecule has 2 aliphatic carbocycles. The van der Waals surface area contributed by atoms with Gasteiger partial charge in [-0.25, -0.2) is 9.67 Å². The molecular weight excluding hydrogens is 368 g/mol. The molecule has 5 nitrogen and oxygen atoms in total. The largest absolute Gasteiger partial charge is 0.334 e. The van der Waals surface area contributed by atoms with E-state index in [0.29, 0.717) is 17.0 Å². The summed E-state index contributed by atoms with van der Waals surface area (Å²) < 4.78 is 2.60. The van der Waals surface area contributed by atoms with Crippen LogP contribution in [-0.2, 0) is 0 Å². The van der Waals surface area contributed by atoms with Gasteiger partial charge in [-0.3, -0.25) is 4.79 Å². The predicted molar refractivity (Wildman–Crippen MR) is 92.9 cm³/mol. The van der Waals surface area contributed by atoms with E-state index in [1.807, 2.05) is 18.2 Å². The number of hydrogen-bond donors (Lipinski definition) is 0. The van der Waals surface area contributed by atoms with Gasteiger partial charge in [0.05, 0.1) is 11.3 Å². The molecule has 5 rings (SSSR count). The molecule has 3 fully saturated rings. The maximum absolute atomic E-state index is 13.3. The van der Waals surface area contributed by atoms with Gasteiger partial charge in [0.15, 0.2) is 0 Å². The molecular formula is C18H19BrN4O. The Morgan fingerprint density at radius 1 is 1.29 bits per heavy atom. The number of hydrogen-bond acceptors (Lipinski definition) is 3. The summed E-state index contributed by atoms with van der Waals surface area (Å²) in [6.45, 7) is 0.930. The molecule has 0 N–H and O–H groups in total. The molecule has 1 atom stereocenters. The molecule has 1 saturated heterocycles. The van der Waals surface area contributed by atoms with Crippen LogP contribution in [0.2, 0.25) is 0 Å². The first-order valence-corrected chi connectivity index (χ1v) is 9.43. The Morgan fingerprint density at radius 3 is 2.75 bits per heavy atom. The first-order valence-electron chi connectivity index (χ1n) is 8.63. The smallest absolute Gasteiger partial charge is 0.256 e. The third kappa shape index (κ3) is 2.08. The SMILES string of the molecule is O=C(c1ccc(Br)cc1-n1cncn1)N1CC2(CCC2)C1C1CC1. The van der Waals surface area contributed by atoms with Crippen LogP contribution in [0.15, 0.2) is 35.3 Å². The summed E-state index contributed by atoms with van der Waals surface area (Å²) in [7, 11) is 0. The van der Waals surface area contributed by atoms with Crippen LogP contribution in [0.3, 0.4) is 0 Å². The molecule has 1 unspecified atom stereocenters. The van der Waals surface area contributed by atoms with Crippen LogP contribution in [-0.4, -0.2) is 38.2 Å². The number of halogens is 1. The Morgan fingerprint density at radius 2 is 2.12 bits per heavy atom. The second-order valence-corrected chi connectivity index (χ2v) is 8.35. The summed E-state index contributed by atoms with van der Waals surface area (Å²) in [6.07, 6.45) is 9.63. The normalized spacial score (nSPS) is 24.5. The van der Waals surface area contributed by atoms with Crippen molar-refractivity contribution < 1.29 is 4.79 Å². The summed E-state index contributed by atoms with van der Waals surface area (Å²) in [5.74, 6) is 0.871. The van der Waals surface area contributed by atoms with Crippen molar-refractivity contribution in [3.8, 4) is 5.69 Å². The van der Waals surface area contributed by atoms with Gasteiger partial charge >= 0.3 is 0 Å². The minimum absolute atomic E-state index is 0.141. The topological polar surface area (TPSA) is 51.0 Å². The van der Waals surface area contributed by atoms with Crippen LogP contribution in [0.4, 0.5) is 0 Å². The number of likely N-dealkylation sites (tertiary alicyclic amines) is 1. The lowest BCUT2D eigenvalue weighted by Gasteiger charge is -2.63. The summed E-state index contributed by atoms with van der Waals surface area (Å²) in [5.41, 5.74) is 1.94. The highest BCUT2D eigenvalue weighted by molar-refractivity contribution is 9.10. The van der Waals surface area contributed by atoms with Gasteiger partial charge in [0.1, 0.15) is 12.7 Å². The maximum Gasteiger partial charge on any atom is 0.256 e. The molecule has 6 heteroatoms. The van der Waals surface area contributed by atoms with Crippen LogP contribution in [0, 0.1) is 11.3 Å². The van der Waals surface area contributed by atoms with Gasteiger partial charge in [-0.1, -0.05) is 22.4 Å². The predicted octanol–water partition coefficient (Wildman–Crippen LogP) is 3.43. The molecule has 2 saturated carbocycles. The second-order valence-electron chi connectivity index (χ2n) is 7.43. The van der Waals surface area contributed by atoms with E-state index in [0.717, 1.165) is 22.6 Å². The third-order valence-electron chi connectivity index (χ3n) is 5.98. The molecule has 2 aromatic rings. The van der Waals surface area contributed by atoms with Crippen molar-refractivity contribution in [2.75, 3.05) is 6.54 Å². The fourth-order valence-electron chi connectivity index (χ4n) is 4.56. The van der Waals surface area contributed by atoms with E-state index in [1.165, 1.54) is 38.4 Å². The molecule has 1 aliphatic heterocycles. The van der Waals surface area contributed by atoms with Crippen molar-refractivity contribution in [2.24, 2.45) is 11.3 Å². The molecule has 1 spiro atoms. The van der Waals surface area contributed by atoms with Gasteiger partial charge in [0.25, 0.3) is 5.91 Å². The van der Waals surface area contributed by atoms with Crippen molar-refractivity contribution in [3.05, 3.63) is 40.9 Å². The summed E-state index contributed by atoms with van der Waals surface area (Å²) >= 11 is 3.50. The van der Waals surface area contributed by atoms with Gasteiger partial charge < -0.3 is 4.90 Å². The van der Waals surface area contributed by atoms with Gasteiger partial charge in [0.2, 0.25) is 0 Å². The standard InChI is InChI=1S/C18H19BrN4O/c19-13-4-5-14(15(8-13)23-11-20-10-21-23)17(24)22-9-18(6-1-7-18)16(22)12-2-3-12/h4-5,8,10-12,16H,1-3,6-7,9H2. The highest BCUT2D eigenvalue weighted by atomic mass is 79.9. The summed E-state index contributed by atoms with van der Waals surface area (Å²) in [4.78, 5) is 19.4. The number of benzene rings is 1. The molecule has 0 radical (unpaired) electrons. The number of nitrogens with zero attached hydrogens (tertiary/aromatic N) is 4. The van der Waals surface area contributed by atoms with Crippen molar-refractivity contribution in [2.45, 2.75) is 38.1 Å². The zero-order valence-corrected chi connectivity index (χ0v) is 14.9. The van der Waals surface area contributed by atoms with E-state index in [2.05, 4.69) is 30.9 Å². The van der Waals surface area contributed by atoms with Crippen molar-refractivity contribution >= 4 is 21.8 Å². The Balaban J connectivity index is 1.49. The second kappa shape index (κ2) is 5.15. The van der Waals surface area contributed by atoms with E-state index >= 15 is 0 Å². The minimum Gasteiger partial charge on any atom is -0.334 e. The van der Waals surface area contributed by atoms with Crippen LogP contribution < -0.4 is 0 Å². The van der Waals surface area contributed by atoms with E-state index in [1.54, 1.807) is 11.0 Å². The average Bonchev–Trinajstić information content (AvgIpc) is 3.15. The molecule has 1 amide bonds. The summed E-state index contributed by atoms with van der Waals surface area (Å²) in [5, 5.41) is 4.21. The van der Waals surface area contributed by atoms with E-state index in [9.17, 15) is 4.79 Å². The van der Waals surface area contributed by atoms with Gasteiger partial charge in [-0.15, -0.1) is 0 Å². The quantitative estimate of drug-likeness (QED) is 0.811. The van der Waals surface area contributed by atoms with Crippen molar-refractivity contribution in [1.82, 2.24) is 19.7 Å². The highest BCUT2D eigenvalue weighted by Gasteiger charge is 2.61. The molecule has 1 aromatic heterocycles. The fraction of sp³-hybridized carbons (Fsp3) is 0.500. The Hall–Kier alpha value is -1.69. The zero-order chi connectivity index (χ0) is 16.3. The zero-order valence-electron chi connectivity index (χ0n) is 13.4. The van der Waals surface area contributed by atoms with Crippen LogP contribution in [0.5, 0.6) is 0 Å². The van der Waals surface area contributed by atoms with E-state index < -0.39 is 0 Å². The molecule has 24 heavy (non-hydrogen) atoms. The van der Waals surface area contributed by atoms with Crippen LogP contribution in [0.1, 0.15) is 42.5 Å². The minimum atomic E-state index is 0.141. The molecule has 3 aliphatic rings. The number of carbonyl (C=O) groups excluding carboxylic acids is 1. The van der Waals surface area contributed by atoms with Gasteiger partial charge in [0, 0.05) is 22.5 Å². The lowest BCUT2D eigenvalue weighted by molar-refractivity contribution is -0.111. The fourth-order valence-corrected chi connectivity index (χ4v) is 4.91. The van der Waals surface area contributed by atoms with Crippen molar-refractivity contribution in [3.63, 3.8) is 0 Å². The van der Waals surface area contributed by atoms with Crippen LogP contribution in [0.25, 0.3) is 5.69 Å². The Kier molecular flexibility index (Phi) is 3.14. The molecule has 1 aromatic carbocycles. The van der Waals surface area contributed by atoms with Gasteiger partial charge in [-0.05, 0) is 49.8 Å². The van der Waals surface area contributed by atoms with E-state index in [-0.39, 0.29) is 5.91 Å². The molecule has 2 heterocycles. The lowest BCUT2D eigenvalue weighted by Crippen LogP contribution is -2.69. The Bertz CT molecular complexity index is 795. The number of amides is 1. The average molecular weight is 387 g/mol. The number of aromatic nitrogens is 3. The maximum atomic E-state index is 13.3. The summed E-state index contributed by atoms with van der Waals surface area (Å²) in [6, 6.07) is 6.23. The van der Waals surface area contributed by atoms with Crippen molar-refractivity contribution in [1.29, 1.82) is 0 Å². The van der Waals surface area contributed by atoms with E-state index in [4.69, 9.17) is 0 Å². The monoisotopic (exact) mass is 386 g/mol. The lowest BCUT2D eigenvalue weighted by atomic mass is 9.56. The Labute approximate surface area is 149 Å². The number of rotatable bonds is 3. The molecule has 124 valence electrons.